The number of hydrogen-bond donors (Lipinski definition) is 1. The molecule has 0 aromatic heterocycles. The first kappa shape index (κ1) is 13.2. The third-order valence-electron chi connectivity index (χ3n) is 3.27. The maximum atomic E-state index is 12.1. The molecule has 1 heterocycles. The Morgan fingerprint density at radius 2 is 2.38 bits per heavy atom. The molecular weight excluding hydrogens is 200 g/mol. The highest BCUT2D eigenvalue weighted by molar-refractivity contribution is 5.82. The monoisotopic (exact) mass is 224 g/mol. The molecule has 0 radical (unpaired) electrons. The number of carbonyl (C=O) groups is 1. The average Bonchev–Trinajstić information content (AvgIpc) is 2.29. The maximum Gasteiger partial charge on any atom is 0.240 e. The van der Waals surface area contributed by atoms with Crippen molar-refractivity contribution in [2.24, 2.45) is 5.73 Å². The van der Waals surface area contributed by atoms with Crippen LogP contribution in [0.15, 0.2) is 12.7 Å². The molecule has 92 valence electrons. The molecule has 0 spiro atoms. The van der Waals surface area contributed by atoms with Crippen molar-refractivity contribution in [1.82, 2.24) is 4.90 Å². The Morgan fingerprint density at radius 1 is 1.62 bits per heavy atom. The molecule has 2 unspecified atom stereocenters. The van der Waals surface area contributed by atoms with Gasteiger partial charge in [-0.1, -0.05) is 19.4 Å². The van der Waals surface area contributed by atoms with Crippen molar-refractivity contribution in [1.29, 1.82) is 0 Å². The molecule has 1 fully saturated rings. The molecule has 0 aliphatic carbocycles. The molecule has 3 heteroatoms. The van der Waals surface area contributed by atoms with Crippen molar-refractivity contribution in [2.45, 2.75) is 57.5 Å². The Bertz CT molecular complexity index is 238. The number of piperidine rings is 1. The van der Waals surface area contributed by atoms with Gasteiger partial charge in [-0.3, -0.25) is 4.79 Å². The zero-order valence-corrected chi connectivity index (χ0v) is 10.3. The normalized spacial score (nSPS) is 22.9. The minimum Gasteiger partial charge on any atom is -0.338 e. The molecule has 2 atom stereocenters. The number of amides is 1. The van der Waals surface area contributed by atoms with Gasteiger partial charge in [0.15, 0.2) is 0 Å². The van der Waals surface area contributed by atoms with Crippen molar-refractivity contribution in [2.75, 3.05) is 6.54 Å². The standard InChI is InChI=1S/C13H24N2O/c1-3-7-11-9-5-6-10-15(11)13(16)12(14)8-4-2/h4,11-12H,2-3,5-10,14H2,1H3. The van der Waals surface area contributed by atoms with E-state index in [0.29, 0.717) is 12.5 Å². The Balaban J connectivity index is 2.59. The summed E-state index contributed by atoms with van der Waals surface area (Å²) in [6, 6.07) is 0.0251. The zero-order chi connectivity index (χ0) is 12.0. The van der Waals surface area contributed by atoms with E-state index in [1.165, 1.54) is 6.42 Å². The molecule has 3 nitrogen and oxygen atoms in total. The summed E-state index contributed by atoms with van der Waals surface area (Å²) in [6.45, 7) is 6.68. The summed E-state index contributed by atoms with van der Waals surface area (Å²) in [7, 11) is 0. The predicted molar refractivity (Wildman–Crippen MR) is 67.0 cm³/mol. The van der Waals surface area contributed by atoms with Crippen LogP contribution in [0, 0.1) is 0 Å². The average molecular weight is 224 g/mol. The van der Waals surface area contributed by atoms with Gasteiger partial charge < -0.3 is 10.6 Å². The van der Waals surface area contributed by atoms with Gasteiger partial charge in [0.25, 0.3) is 0 Å². The van der Waals surface area contributed by atoms with Crippen molar-refractivity contribution < 1.29 is 4.79 Å². The molecule has 0 bridgehead atoms. The van der Waals surface area contributed by atoms with Gasteiger partial charge in [-0.25, -0.2) is 0 Å². The number of hydrogen-bond acceptors (Lipinski definition) is 2. The summed E-state index contributed by atoms with van der Waals surface area (Å²) < 4.78 is 0. The van der Waals surface area contributed by atoms with Gasteiger partial charge in [0.2, 0.25) is 5.91 Å². The third-order valence-corrected chi connectivity index (χ3v) is 3.27. The lowest BCUT2D eigenvalue weighted by Gasteiger charge is -2.37. The molecule has 2 N–H and O–H groups in total. The van der Waals surface area contributed by atoms with Crippen LogP contribution in [0.5, 0.6) is 0 Å². The van der Waals surface area contributed by atoms with E-state index in [1.807, 2.05) is 4.90 Å². The van der Waals surface area contributed by atoms with Gasteiger partial charge >= 0.3 is 0 Å². The largest absolute Gasteiger partial charge is 0.338 e. The van der Waals surface area contributed by atoms with Crippen LogP contribution < -0.4 is 5.73 Å². The molecule has 16 heavy (non-hydrogen) atoms. The molecule has 1 amide bonds. The summed E-state index contributed by atoms with van der Waals surface area (Å²) in [6.07, 6.45) is 8.03. The lowest BCUT2D eigenvalue weighted by Crippen LogP contribution is -2.50. The fourth-order valence-electron chi connectivity index (χ4n) is 2.42. The Kier molecular flexibility index (Phi) is 5.53. The molecule has 1 rings (SSSR count). The summed E-state index contributed by atoms with van der Waals surface area (Å²) >= 11 is 0. The Labute approximate surface area is 98.7 Å². The molecular formula is C13H24N2O. The second-order valence-electron chi connectivity index (χ2n) is 4.60. The second-order valence-corrected chi connectivity index (χ2v) is 4.60. The van der Waals surface area contributed by atoms with E-state index in [4.69, 9.17) is 5.73 Å². The highest BCUT2D eigenvalue weighted by Crippen LogP contribution is 2.21. The highest BCUT2D eigenvalue weighted by atomic mass is 16.2. The molecule has 1 aliphatic heterocycles. The Hall–Kier alpha value is -0.830. The number of likely N-dealkylation sites (tertiary alicyclic amines) is 1. The first-order chi connectivity index (χ1) is 7.70. The smallest absolute Gasteiger partial charge is 0.240 e. The summed E-state index contributed by atoms with van der Waals surface area (Å²) in [5, 5.41) is 0. The number of nitrogens with zero attached hydrogens (tertiary/aromatic N) is 1. The lowest BCUT2D eigenvalue weighted by molar-refractivity contribution is -0.136. The van der Waals surface area contributed by atoms with Crippen LogP contribution in [-0.4, -0.2) is 29.4 Å². The first-order valence-corrected chi connectivity index (χ1v) is 6.37. The minimum atomic E-state index is -0.394. The van der Waals surface area contributed by atoms with Crippen LogP contribution >= 0.6 is 0 Å². The van der Waals surface area contributed by atoms with Gasteiger partial charge in [0.1, 0.15) is 0 Å². The fourth-order valence-corrected chi connectivity index (χ4v) is 2.42. The zero-order valence-electron chi connectivity index (χ0n) is 10.3. The van der Waals surface area contributed by atoms with Crippen LogP contribution in [0.1, 0.15) is 45.4 Å². The second kappa shape index (κ2) is 6.69. The van der Waals surface area contributed by atoms with E-state index in [-0.39, 0.29) is 5.91 Å². The van der Waals surface area contributed by atoms with Crippen LogP contribution in [-0.2, 0) is 4.79 Å². The van der Waals surface area contributed by atoms with Gasteiger partial charge in [-0.2, -0.15) is 0 Å². The predicted octanol–water partition coefficient (Wildman–Crippen LogP) is 2.07. The maximum absolute atomic E-state index is 12.1. The Morgan fingerprint density at radius 3 is 3.00 bits per heavy atom. The van der Waals surface area contributed by atoms with Crippen molar-refractivity contribution >= 4 is 5.91 Å². The highest BCUT2D eigenvalue weighted by Gasteiger charge is 2.28. The summed E-state index contributed by atoms with van der Waals surface area (Å²) in [4.78, 5) is 14.1. The van der Waals surface area contributed by atoms with E-state index in [2.05, 4.69) is 13.5 Å². The van der Waals surface area contributed by atoms with Gasteiger partial charge in [0, 0.05) is 12.6 Å². The quantitative estimate of drug-likeness (QED) is 0.727. The van der Waals surface area contributed by atoms with E-state index >= 15 is 0 Å². The molecule has 1 aliphatic rings. The van der Waals surface area contributed by atoms with Crippen molar-refractivity contribution in [3.05, 3.63) is 12.7 Å². The van der Waals surface area contributed by atoms with E-state index in [1.54, 1.807) is 6.08 Å². The van der Waals surface area contributed by atoms with E-state index in [0.717, 1.165) is 32.2 Å². The molecule has 0 aromatic carbocycles. The van der Waals surface area contributed by atoms with Crippen LogP contribution in [0.25, 0.3) is 0 Å². The van der Waals surface area contributed by atoms with E-state index < -0.39 is 6.04 Å². The number of carbonyl (C=O) groups excluding carboxylic acids is 1. The van der Waals surface area contributed by atoms with Crippen LogP contribution in [0.4, 0.5) is 0 Å². The molecule has 0 saturated carbocycles. The SMILES string of the molecule is C=CCC(N)C(=O)N1CCCCC1CCC. The minimum absolute atomic E-state index is 0.109. The van der Waals surface area contributed by atoms with Crippen molar-refractivity contribution in [3.8, 4) is 0 Å². The van der Waals surface area contributed by atoms with Gasteiger partial charge in [-0.15, -0.1) is 6.58 Å². The van der Waals surface area contributed by atoms with Gasteiger partial charge in [0.05, 0.1) is 6.04 Å². The fraction of sp³-hybridized carbons (Fsp3) is 0.769. The van der Waals surface area contributed by atoms with Crippen LogP contribution in [0.3, 0.4) is 0 Å². The van der Waals surface area contributed by atoms with Crippen molar-refractivity contribution in [3.63, 3.8) is 0 Å². The molecule has 1 saturated heterocycles. The lowest BCUT2D eigenvalue weighted by atomic mass is 9.97. The van der Waals surface area contributed by atoms with Crippen LogP contribution in [0.2, 0.25) is 0 Å². The third kappa shape index (κ3) is 3.34. The summed E-state index contributed by atoms with van der Waals surface area (Å²) in [5.41, 5.74) is 5.85. The van der Waals surface area contributed by atoms with Gasteiger partial charge in [-0.05, 0) is 32.1 Å². The topological polar surface area (TPSA) is 46.3 Å². The summed E-state index contributed by atoms with van der Waals surface area (Å²) in [5.74, 6) is 0.109. The first-order valence-electron chi connectivity index (χ1n) is 6.37. The molecule has 0 aromatic rings. The van der Waals surface area contributed by atoms with E-state index in [9.17, 15) is 4.79 Å². The number of rotatable bonds is 5. The number of nitrogens with two attached hydrogens (primary N) is 1.